The highest BCUT2D eigenvalue weighted by Crippen LogP contribution is 2.34. The third-order valence-electron chi connectivity index (χ3n) is 4.70. The van der Waals surface area contributed by atoms with Crippen molar-refractivity contribution in [2.45, 2.75) is 52.5 Å². The smallest absolute Gasteiger partial charge is 0.00676 e. The predicted octanol–water partition coefficient (Wildman–Crippen LogP) is 2.50. The fourth-order valence-electron chi connectivity index (χ4n) is 3.40. The van der Waals surface area contributed by atoms with Gasteiger partial charge in [-0.05, 0) is 63.6 Å². The number of hydrogen-bond acceptors (Lipinski definition) is 2. The quantitative estimate of drug-likeness (QED) is 0.792. The second kappa shape index (κ2) is 5.05. The molecule has 2 nitrogen and oxygen atoms in total. The molecule has 2 heteroatoms. The van der Waals surface area contributed by atoms with Gasteiger partial charge in [0.25, 0.3) is 0 Å². The molecule has 2 aliphatic rings. The molecule has 0 saturated carbocycles. The molecule has 1 N–H and O–H groups in total. The Morgan fingerprint density at radius 1 is 1.25 bits per heavy atom. The Hall–Kier alpha value is -0.0800. The fourth-order valence-corrected chi connectivity index (χ4v) is 3.40. The van der Waals surface area contributed by atoms with Gasteiger partial charge in [-0.2, -0.15) is 0 Å². The lowest BCUT2D eigenvalue weighted by Crippen LogP contribution is -2.45. The molecule has 2 atom stereocenters. The van der Waals surface area contributed by atoms with E-state index in [0.29, 0.717) is 5.41 Å². The van der Waals surface area contributed by atoms with Crippen LogP contribution in [-0.2, 0) is 0 Å². The van der Waals surface area contributed by atoms with Crippen LogP contribution in [0.1, 0.15) is 46.5 Å². The SMILES string of the molecule is CC1CCCN1CC(C)(C)C1CCCNC1. The van der Waals surface area contributed by atoms with Crippen molar-refractivity contribution in [3.63, 3.8) is 0 Å². The van der Waals surface area contributed by atoms with E-state index in [0.717, 1.165) is 12.0 Å². The zero-order valence-corrected chi connectivity index (χ0v) is 11.3. The standard InChI is InChI=1S/C14H28N2/c1-12-6-5-9-16(12)11-14(2,3)13-7-4-8-15-10-13/h12-13,15H,4-11H2,1-3H3. The summed E-state index contributed by atoms with van der Waals surface area (Å²) in [5.74, 6) is 0.869. The Morgan fingerprint density at radius 3 is 2.62 bits per heavy atom. The van der Waals surface area contributed by atoms with Crippen LogP contribution in [0.5, 0.6) is 0 Å². The molecule has 0 aromatic carbocycles. The molecule has 2 saturated heterocycles. The van der Waals surface area contributed by atoms with Gasteiger partial charge < -0.3 is 10.2 Å². The maximum atomic E-state index is 3.56. The topological polar surface area (TPSA) is 15.3 Å². The normalized spacial score (nSPS) is 33.2. The largest absolute Gasteiger partial charge is 0.316 e. The van der Waals surface area contributed by atoms with E-state index in [1.54, 1.807) is 0 Å². The molecule has 0 spiro atoms. The average molecular weight is 224 g/mol. The molecule has 94 valence electrons. The Kier molecular flexibility index (Phi) is 3.91. The van der Waals surface area contributed by atoms with Gasteiger partial charge in [-0.15, -0.1) is 0 Å². The van der Waals surface area contributed by atoms with Crippen molar-refractivity contribution in [1.29, 1.82) is 0 Å². The molecule has 2 fully saturated rings. The maximum Gasteiger partial charge on any atom is 0.00676 e. The average Bonchev–Trinajstić information content (AvgIpc) is 2.65. The number of rotatable bonds is 3. The maximum absolute atomic E-state index is 3.56. The molecule has 0 bridgehead atoms. The summed E-state index contributed by atoms with van der Waals surface area (Å²) < 4.78 is 0. The molecular weight excluding hydrogens is 196 g/mol. The van der Waals surface area contributed by atoms with E-state index < -0.39 is 0 Å². The third-order valence-corrected chi connectivity index (χ3v) is 4.70. The zero-order chi connectivity index (χ0) is 11.6. The van der Waals surface area contributed by atoms with Crippen LogP contribution in [0.4, 0.5) is 0 Å². The van der Waals surface area contributed by atoms with Gasteiger partial charge in [0.15, 0.2) is 0 Å². The lowest BCUT2D eigenvalue weighted by molar-refractivity contribution is 0.0970. The highest BCUT2D eigenvalue weighted by atomic mass is 15.2. The number of hydrogen-bond donors (Lipinski definition) is 1. The first-order valence-corrected chi connectivity index (χ1v) is 7.04. The van der Waals surface area contributed by atoms with Gasteiger partial charge in [-0.25, -0.2) is 0 Å². The summed E-state index contributed by atoms with van der Waals surface area (Å²) in [7, 11) is 0. The molecule has 0 amide bonds. The van der Waals surface area contributed by atoms with Crippen LogP contribution in [0.2, 0.25) is 0 Å². The van der Waals surface area contributed by atoms with E-state index in [9.17, 15) is 0 Å². The Balaban J connectivity index is 1.90. The van der Waals surface area contributed by atoms with E-state index in [1.807, 2.05) is 0 Å². The molecule has 16 heavy (non-hydrogen) atoms. The summed E-state index contributed by atoms with van der Waals surface area (Å²) in [6.45, 7) is 12.4. The summed E-state index contributed by atoms with van der Waals surface area (Å²) in [5.41, 5.74) is 0.478. The van der Waals surface area contributed by atoms with Gasteiger partial charge in [-0.1, -0.05) is 13.8 Å². The van der Waals surface area contributed by atoms with Crippen molar-refractivity contribution in [1.82, 2.24) is 10.2 Å². The molecular formula is C14H28N2. The van der Waals surface area contributed by atoms with Gasteiger partial charge in [0.2, 0.25) is 0 Å². The monoisotopic (exact) mass is 224 g/mol. The summed E-state index contributed by atoms with van der Waals surface area (Å²) in [6.07, 6.45) is 5.59. The molecule has 0 radical (unpaired) electrons. The fraction of sp³-hybridized carbons (Fsp3) is 1.00. The number of nitrogens with one attached hydrogen (secondary N) is 1. The molecule has 2 rings (SSSR count). The minimum atomic E-state index is 0.478. The first-order chi connectivity index (χ1) is 7.59. The van der Waals surface area contributed by atoms with Crippen molar-refractivity contribution in [2.24, 2.45) is 11.3 Å². The van der Waals surface area contributed by atoms with E-state index in [4.69, 9.17) is 0 Å². The molecule has 0 aromatic rings. The van der Waals surface area contributed by atoms with E-state index in [-0.39, 0.29) is 0 Å². The minimum Gasteiger partial charge on any atom is -0.316 e. The summed E-state index contributed by atoms with van der Waals surface area (Å²) >= 11 is 0. The second-order valence-corrected chi connectivity index (χ2v) is 6.49. The lowest BCUT2D eigenvalue weighted by atomic mass is 9.74. The van der Waals surface area contributed by atoms with Gasteiger partial charge in [0, 0.05) is 12.6 Å². The van der Waals surface area contributed by atoms with E-state index in [1.165, 1.54) is 51.9 Å². The van der Waals surface area contributed by atoms with Crippen molar-refractivity contribution in [3.05, 3.63) is 0 Å². The number of nitrogens with zero attached hydrogens (tertiary/aromatic N) is 1. The predicted molar refractivity (Wildman–Crippen MR) is 69.6 cm³/mol. The highest BCUT2D eigenvalue weighted by molar-refractivity contribution is 4.88. The van der Waals surface area contributed by atoms with Crippen LogP contribution >= 0.6 is 0 Å². The minimum absolute atomic E-state index is 0.478. The number of piperidine rings is 1. The Morgan fingerprint density at radius 2 is 2.06 bits per heavy atom. The van der Waals surface area contributed by atoms with Crippen LogP contribution in [-0.4, -0.2) is 37.1 Å². The van der Waals surface area contributed by atoms with Crippen molar-refractivity contribution >= 4 is 0 Å². The van der Waals surface area contributed by atoms with Crippen LogP contribution in [0, 0.1) is 11.3 Å². The Bertz CT molecular complexity index is 219. The van der Waals surface area contributed by atoms with Crippen LogP contribution < -0.4 is 5.32 Å². The van der Waals surface area contributed by atoms with Gasteiger partial charge in [0.1, 0.15) is 0 Å². The Labute approximate surface area is 101 Å². The zero-order valence-electron chi connectivity index (χ0n) is 11.3. The molecule has 2 heterocycles. The molecule has 0 aliphatic carbocycles. The summed E-state index contributed by atoms with van der Waals surface area (Å²) in [5, 5.41) is 3.56. The first-order valence-electron chi connectivity index (χ1n) is 7.04. The summed E-state index contributed by atoms with van der Waals surface area (Å²) in [4.78, 5) is 2.70. The second-order valence-electron chi connectivity index (χ2n) is 6.49. The van der Waals surface area contributed by atoms with E-state index >= 15 is 0 Å². The van der Waals surface area contributed by atoms with E-state index in [2.05, 4.69) is 31.0 Å². The third kappa shape index (κ3) is 2.78. The van der Waals surface area contributed by atoms with Crippen LogP contribution in [0.25, 0.3) is 0 Å². The van der Waals surface area contributed by atoms with Crippen molar-refractivity contribution in [3.8, 4) is 0 Å². The first kappa shape index (κ1) is 12.4. The van der Waals surface area contributed by atoms with Gasteiger partial charge >= 0.3 is 0 Å². The molecule has 2 aliphatic heterocycles. The van der Waals surface area contributed by atoms with Gasteiger partial charge in [0.05, 0.1) is 0 Å². The highest BCUT2D eigenvalue weighted by Gasteiger charge is 2.34. The van der Waals surface area contributed by atoms with Crippen molar-refractivity contribution in [2.75, 3.05) is 26.2 Å². The van der Waals surface area contributed by atoms with Crippen molar-refractivity contribution < 1.29 is 0 Å². The van der Waals surface area contributed by atoms with Crippen LogP contribution in [0.15, 0.2) is 0 Å². The summed E-state index contributed by atoms with van der Waals surface area (Å²) in [6, 6.07) is 0.816. The van der Waals surface area contributed by atoms with Crippen LogP contribution in [0.3, 0.4) is 0 Å². The molecule has 0 aromatic heterocycles. The lowest BCUT2D eigenvalue weighted by Gasteiger charge is -2.41. The molecule has 2 unspecified atom stereocenters. The number of likely N-dealkylation sites (tertiary alicyclic amines) is 1. The van der Waals surface area contributed by atoms with Gasteiger partial charge in [-0.3, -0.25) is 0 Å².